The molecular weight excluding hydrogens is 228 g/mol. The van der Waals surface area contributed by atoms with E-state index in [4.69, 9.17) is 4.74 Å². The van der Waals surface area contributed by atoms with Crippen molar-refractivity contribution in [2.45, 2.75) is 51.3 Å². The number of benzene rings is 1. The highest BCUT2D eigenvalue weighted by atomic mass is 32.2. The predicted octanol–water partition coefficient (Wildman–Crippen LogP) is 4.98. The van der Waals surface area contributed by atoms with Crippen LogP contribution in [0.1, 0.15) is 43.7 Å². The van der Waals surface area contributed by atoms with E-state index in [1.165, 1.54) is 47.5 Å². The Morgan fingerprint density at radius 1 is 1.06 bits per heavy atom. The van der Waals surface area contributed by atoms with E-state index in [0.717, 1.165) is 5.75 Å². The highest BCUT2D eigenvalue weighted by Crippen LogP contribution is 2.30. The summed E-state index contributed by atoms with van der Waals surface area (Å²) in [6.07, 6.45) is 5.35. The van der Waals surface area contributed by atoms with Gasteiger partial charge in [-0.25, -0.2) is 0 Å². The average Bonchev–Trinajstić information content (AvgIpc) is 2.31. The van der Waals surface area contributed by atoms with E-state index < -0.39 is 0 Å². The molecule has 96 valence electrons. The van der Waals surface area contributed by atoms with Crippen LogP contribution in [-0.4, -0.2) is 12.9 Å². The fourth-order valence-corrected chi connectivity index (χ4v) is 3.08. The number of aryl methyl sites for hydroxylation is 2. The summed E-state index contributed by atoms with van der Waals surface area (Å²) in [5.74, 6) is 2.20. The lowest BCUT2D eigenvalue weighted by molar-refractivity contribution is 0.413. The van der Waals surface area contributed by atoms with E-state index in [1.54, 1.807) is 7.11 Å². The zero-order valence-corrected chi connectivity index (χ0v) is 12.3. The van der Waals surface area contributed by atoms with Crippen LogP contribution in [0.2, 0.25) is 0 Å². The molecule has 1 aromatic carbocycles. The van der Waals surface area contributed by atoms with Crippen LogP contribution < -0.4 is 4.74 Å². The lowest BCUT2D eigenvalue weighted by Gasteiger charge is -2.11. The minimum atomic E-state index is 0.968. The third-order valence-corrected chi connectivity index (χ3v) is 4.34. The van der Waals surface area contributed by atoms with Gasteiger partial charge in [0, 0.05) is 4.90 Å². The normalized spacial score (nSPS) is 10.6. The number of unbranched alkanes of at least 4 members (excludes halogenated alkanes) is 3. The molecular formula is C15H24OS. The van der Waals surface area contributed by atoms with Gasteiger partial charge >= 0.3 is 0 Å². The monoisotopic (exact) mass is 252 g/mol. The Kier molecular flexibility index (Phi) is 6.49. The molecule has 0 aliphatic rings. The van der Waals surface area contributed by atoms with E-state index in [-0.39, 0.29) is 0 Å². The number of ether oxygens (including phenoxy) is 1. The Bertz CT molecular complexity index is 324. The maximum absolute atomic E-state index is 5.28. The van der Waals surface area contributed by atoms with E-state index in [2.05, 4.69) is 32.9 Å². The summed E-state index contributed by atoms with van der Waals surface area (Å²) in [6.45, 7) is 6.60. The number of methoxy groups -OCH3 is 1. The number of hydrogen-bond donors (Lipinski definition) is 0. The zero-order chi connectivity index (χ0) is 12.7. The molecule has 1 nitrogen and oxygen atoms in total. The fourth-order valence-electron chi connectivity index (χ4n) is 1.96. The largest absolute Gasteiger partial charge is 0.497 e. The molecule has 0 fully saturated rings. The molecule has 0 heterocycles. The van der Waals surface area contributed by atoms with Crippen LogP contribution in [0.5, 0.6) is 5.75 Å². The van der Waals surface area contributed by atoms with Crippen molar-refractivity contribution in [3.05, 3.63) is 23.3 Å². The zero-order valence-electron chi connectivity index (χ0n) is 11.5. The van der Waals surface area contributed by atoms with Gasteiger partial charge in [-0.15, -0.1) is 11.8 Å². The lowest BCUT2D eigenvalue weighted by Crippen LogP contribution is -1.91. The van der Waals surface area contributed by atoms with E-state index in [1.807, 2.05) is 11.8 Å². The maximum Gasteiger partial charge on any atom is 0.119 e. The first-order valence-electron chi connectivity index (χ1n) is 6.47. The quantitative estimate of drug-likeness (QED) is 0.500. The second-order valence-corrected chi connectivity index (χ2v) is 5.60. The smallest absolute Gasteiger partial charge is 0.119 e. The first kappa shape index (κ1) is 14.4. The van der Waals surface area contributed by atoms with Gasteiger partial charge in [0.25, 0.3) is 0 Å². The molecule has 0 aromatic heterocycles. The van der Waals surface area contributed by atoms with Crippen LogP contribution in [0.25, 0.3) is 0 Å². The van der Waals surface area contributed by atoms with Gasteiger partial charge in [0.1, 0.15) is 5.75 Å². The molecule has 0 spiro atoms. The first-order valence-corrected chi connectivity index (χ1v) is 7.45. The van der Waals surface area contributed by atoms with E-state index in [0.29, 0.717) is 0 Å². The Morgan fingerprint density at radius 3 is 2.24 bits per heavy atom. The maximum atomic E-state index is 5.28. The summed E-state index contributed by atoms with van der Waals surface area (Å²) < 4.78 is 5.28. The van der Waals surface area contributed by atoms with Gasteiger partial charge < -0.3 is 4.74 Å². The van der Waals surface area contributed by atoms with E-state index >= 15 is 0 Å². The van der Waals surface area contributed by atoms with Gasteiger partial charge in [-0.2, -0.15) is 0 Å². The van der Waals surface area contributed by atoms with Gasteiger partial charge in [-0.3, -0.25) is 0 Å². The van der Waals surface area contributed by atoms with Crippen LogP contribution in [0.15, 0.2) is 17.0 Å². The summed E-state index contributed by atoms with van der Waals surface area (Å²) in [4.78, 5) is 1.43. The molecule has 0 radical (unpaired) electrons. The minimum Gasteiger partial charge on any atom is -0.497 e. The molecule has 2 heteroatoms. The van der Waals surface area contributed by atoms with Crippen LogP contribution in [0, 0.1) is 13.8 Å². The lowest BCUT2D eigenvalue weighted by atomic mass is 10.1. The topological polar surface area (TPSA) is 9.23 Å². The van der Waals surface area contributed by atoms with Crippen molar-refractivity contribution >= 4 is 11.8 Å². The molecule has 0 aliphatic carbocycles. The van der Waals surface area contributed by atoms with Gasteiger partial charge in [0.2, 0.25) is 0 Å². The Morgan fingerprint density at radius 2 is 1.71 bits per heavy atom. The van der Waals surface area contributed by atoms with Crippen LogP contribution in [0.4, 0.5) is 0 Å². The van der Waals surface area contributed by atoms with Crippen LogP contribution in [0.3, 0.4) is 0 Å². The Hall–Kier alpha value is -0.630. The number of hydrogen-bond acceptors (Lipinski definition) is 2. The molecule has 0 saturated heterocycles. The van der Waals surface area contributed by atoms with Gasteiger partial charge in [0.15, 0.2) is 0 Å². The molecule has 0 aliphatic heterocycles. The van der Waals surface area contributed by atoms with Gasteiger partial charge in [-0.1, -0.05) is 26.2 Å². The summed E-state index contributed by atoms with van der Waals surface area (Å²) in [5.41, 5.74) is 2.67. The predicted molar refractivity (Wildman–Crippen MR) is 77.3 cm³/mol. The highest BCUT2D eigenvalue weighted by molar-refractivity contribution is 7.99. The van der Waals surface area contributed by atoms with Crippen molar-refractivity contribution in [1.29, 1.82) is 0 Å². The molecule has 0 unspecified atom stereocenters. The third kappa shape index (κ3) is 4.63. The third-order valence-electron chi connectivity index (χ3n) is 2.91. The summed E-state index contributed by atoms with van der Waals surface area (Å²) in [7, 11) is 1.73. The van der Waals surface area contributed by atoms with Crippen molar-refractivity contribution in [2.24, 2.45) is 0 Å². The van der Waals surface area contributed by atoms with Crippen LogP contribution >= 0.6 is 11.8 Å². The van der Waals surface area contributed by atoms with Crippen molar-refractivity contribution in [3.8, 4) is 5.75 Å². The second-order valence-electron chi connectivity index (χ2n) is 4.50. The number of rotatable bonds is 7. The molecule has 17 heavy (non-hydrogen) atoms. The standard InChI is InChI=1S/C15H24OS/c1-5-6-7-8-9-17-15-12(2)10-14(16-4)11-13(15)3/h10-11H,5-9H2,1-4H3. The van der Waals surface area contributed by atoms with Gasteiger partial charge in [-0.05, 0) is 49.3 Å². The molecule has 0 atom stereocenters. The van der Waals surface area contributed by atoms with Crippen molar-refractivity contribution in [2.75, 3.05) is 12.9 Å². The molecule has 1 rings (SSSR count). The van der Waals surface area contributed by atoms with Gasteiger partial charge in [0.05, 0.1) is 7.11 Å². The summed E-state index contributed by atoms with van der Waals surface area (Å²) >= 11 is 1.99. The fraction of sp³-hybridized carbons (Fsp3) is 0.600. The Balaban J connectivity index is 2.53. The first-order chi connectivity index (χ1) is 8.19. The minimum absolute atomic E-state index is 0.968. The van der Waals surface area contributed by atoms with Crippen LogP contribution in [-0.2, 0) is 0 Å². The summed E-state index contributed by atoms with van der Waals surface area (Å²) in [6, 6.07) is 4.25. The molecule has 0 bridgehead atoms. The average molecular weight is 252 g/mol. The molecule has 0 N–H and O–H groups in total. The van der Waals surface area contributed by atoms with E-state index in [9.17, 15) is 0 Å². The molecule has 0 amide bonds. The number of thioether (sulfide) groups is 1. The second kappa shape index (κ2) is 7.65. The Labute approximate surface area is 110 Å². The highest BCUT2D eigenvalue weighted by Gasteiger charge is 2.05. The molecule has 0 saturated carbocycles. The van der Waals surface area contributed by atoms with Crippen molar-refractivity contribution < 1.29 is 4.74 Å². The SMILES string of the molecule is CCCCCCSc1c(C)cc(OC)cc1C. The summed E-state index contributed by atoms with van der Waals surface area (Å²) in [5, 5.41) is 0. The molecule has 1 aromatic rings. The van der Waals surface area contributed by atoms with Crippen molar-refractivity contribution in [1.82, 2.24) is 0 Å². The van der Waals surface area contributed by atoms with Crippen molar-refractivity contribution in [3.63, 3.8) is 0 Å².